The minimum atomic E-state index is -3.58. The molecule has 29 heavy (non-hydrogen) atoms. The van der Waals surface area contributed by atoms with Crippen LogP contribution in [-0.4, -0.2) is 62.8 Å². The van der Waals surface area contributed by atoms with Crippen LogP contribution in [0.15, 0.2) is 29.2 Å². The highest BCUT2D eigenvalue weighted by Gasteiger charge is 2.32. The van der Waals surface area contributed by atoms with E-state index in [1.165, 1.54) is 6.07 Å². The Kier molecular flexibility index (Phi) is 7.35. The van der Waals surface area contributed by atoms with Crippen molar-refractivity contribution in [3.05, 3.63) is 29.8 Å². The maximum atomic E-state index is 13.1. The zero-order valence-electron chi connectivity index (χ0n) is 17.9. The summed E-state index contributed by atoms with van der Waals surface area (Å²) in [5.74, 6) is 0.989. The number of piperidine rings is 2. The summed E-state index contributed by atoms with van der Waals surface area (Å²) in [6.45, 7) is 11.3. The minimum Gasteiger partial charge on any atom is -0.352 e. The van der Waals surface area contributed by atoms with E-state index >= 15 is 0 Å². The number of amides is 1. The summed E-state index contributed by atoms with van der Waals surface area (Å²) in [7, 11) is -3.58. The predicted molar refractivity (Wildman–Crippen MR) is 115 cm³/mol. The Morgan fingerprint density at radius 1 is 1.14 bits per heavy atom. The lowest BCUT2D eigenvalue weighted by molar-refractivity contribution is 0.0936. The van der Waals surface area contributed by atoms with E-state index in [1.54, 1.807) is 22.5 Å². The van der Waals surface area contributed by atoms with Crippen molar-refractivity contribution in [2.24, 2.45) is 17.8 Å². The molecule has 2 aliphatic rings. The van der Waals surface area contributed by atoms with Gasteiger partial charge in [-0.1, -0.05) is 26.8 Å². The molecule has 0 aliphatic carbocycles. The highest BCUT2D eigenvalue weighted by molar-refractivity contribution is 7.89. The number of nitrogens with one attached hydrogen (secondary N) is 1. The summed E-state index contributed by atoms with van der Waals surface area (Å²) in [6, 6.07) is 6.47. The van der Waals surface area contributed by atoms with Gasteiger partial charge in [-0.3, -0.25) is 4.79 Å². The number of rotatable bonds is 6. The number of likely N-dealkylation sites (tertiary alicyclic amines) is 1. The van der Waals surface area contributed by atoms with Gasteiger partial charge in [0, 0.05) is 25.2 Å². The molecule has 6 nitrogen and oxygen atoms in total. The fourth-order valence-electron chi connectivity index (χ4n) is 4.59. The number of hydrogen-bond acceptors (Lipinski definition) is 4. The van der Waals surface area contributed by atoms with Crippen molar-refractivity contribution >= 4 is 15.9 Å². The van der Waals surface area contributed by atoms with Gasteiger partial charge < -0.3 is 10.2 Å². The number of carbonyl (C=O) groups is 1. The van der Waals surface area contributed by atoms with Crippen LogP contribution in [0, 0.1) is 17.8 Å². The Bertz CT molecular complexity index is 793. The van der Waals surface area contributed by atoms with Crippen molar-refractivity contribution in [2.75, 3.05) is 39.3 Å². The monoisotopic (exact) mass is 421 g/mol. The van der Waals surface area contributed by atoms with Gasteiger partial charge in [-0.15, -0.1) is 0 Å². The van der Waals surface area contributed by atoms with E-state index in [4.69, 9.17) is 0 Å². The van der Waals surface area contributed by atoms with Gasteiger partial charge in [0.15, 0.2) is 0 Å². The molecule has 2 aliphatic heterocycles. The lowest BCUT2D eigenvalue weighted by Crippen LogP contribution is -2.42. The van der Waals surface area contributed by atoms with E-state index in [-0.39, 0.29) is 10.8 Å². The molecule has 0 bridgehead atoms. The van der Waals surface area contributed by atoms with Crippen molar-refractivity contribution in [2.45, 2.75) is 44.9 Å². The largest absolute Gasteiger partial charge is 0.352 e. The minimum absolute atomic E-state index is 0.194. The van der Waals surface area contributed by atoms with Crippen molar-refractivity contribution in [1.82, 2.24) is 14.5 Å². The second-order valence-electron chi connectivity index (χ2n) is 8.88. The molecule has 0 spiro atoms. The van der Waals surface area contributed by atoms with Crippen LogP contribution in [0.25, 0.3) is 0 Å². The maximum absolute atomic E-state index is 13.1. The topological polar surface area (TPSA) is 69.7 Å². The standard InChI is InChI=1S/C22H35N3O3S/c1-4-24-10-8-19(9-11-24)14-23-22(26)20-6-5-7-21(13-20)29(27,28)25-15-17(2)12-18(3)16-25/h5-7,13,17-19H,4,8-12,14-16H2,1-3H3,(H,23,26)/t17-,18+. The van der Waals surface area contributed by atoms with Gasteiger partial charge in [0.25, 0.3) is 5.91 Å². The zero-order valence-corrected chi connectivity index (χ0v) is 18.7. The average molecular weight is 422 g/mol. The molecule has 1 aromatic carbocycles. The van der Waals surface area contributed by atoms with Crippen molar-refractivity contribution < 1.29 is 13.2 Å². The lowest BCUT2D eigenvalue weighted by Gasteiger charge is -2.34. The molecule has 162 valence electrons. The molecule has 1 amide bonds. The Morgan fingerprint density at radius 2 is 1.79 bits per heavy atom. The van der Waals surface area contributed by atoms with E-state index in [1.807, 2.05) is 0 Å². The first-order chi connectivity index (χ1) is 13.8. The normalized spacial score (nSPS) is 25.1. The first kappa shape index (κ1) is 22.2. The van der Waals surface area contributed by atoms with E-state index in [2.05, 4.69) is 31.0 Å². The fraction of sp³-hybridized carbons (Fsp3) is 0.682. The maximum Gasteiger partial charge on any atom is 0.251 e. The Morgan fingerprint density at radius 3 is 2.41 bits per heavy atom. The van der Waals surface area contributed by atoms with E-state index in [0.29, 0.717) is 43.0 Å². The third kappa shape index (κ3) is 5.58. The van der Waals surface area contributed by atoms with Gasteiger partial charge in [-0.2, -0.15) is 4.31 Å². The fourth-order valence-corrected chi connectivity index (χ4v) is 6.32. The molecular weight excluding hydrogens is 386 g/mol. The molecule has 0 saturated carbocycles. The molecule has 3 rings (SSSR count). The van der Waals surface area contributed by atoms with Crippen molar-refractivity contribution in [3.8, 4) is 0 Å². The van der Waals surface area contributed by atoms with Crippen LogP contribution < -0.4 is 5.32 Å². The third-order valence-corrected chi connectivity index (χ3v) is 8.10. The van der Waals surface area contributed by atoms with Gasteiger partial charge in [0.2, 0.25) is 10.0 Å². The van der Waals surface area contributed by atoms with E-state index < -0.39 is 10.0 Å². The van der Waals surface area contributed by atoms with Crippen molar-refractivity contribution in [3.63, 3.8) is 0 Å². The number of sulfonamides is 1. The molecule has 1 aromatic rings. The second-order valence-corrected chi connectivity index (χ2v) is 10.8. The molecule has 2 fully saturated rings. The zero-order chi connectivity index (χ0) is 21.0. The molecule has 1 N–H and O–H groups in total. The Balaban J connectivity index is 1.63. The summed E-state index contributed by atoms with van der Waals surface area (Å²) in [6.07, 6.45) is 3.23. The molecule has 2 saturated heterocycles. The Labute approximate surface area is 175 Å². The van der Waals surface area contributed by atoms with Crippen LogP contribution in [0.4, 0.5) is 0 Å². The first-order valence-electron chi connectivity index (χ1n) is 10.9. The number of nitrogens with zero attached hydrogens (tertiary/aromatic N) is 2. The van der Waals surface area contributed by atoms with Gasteiger partial charge in [-0.05, 0) is 74.8 Å². The molecule has 2 heterocycles. The number of benzene rings is 1. The van der Waals surface area contributed by atoms with E-state index in [9.17, 15) is 13.2 Å². The summed E-state index contributed by atoms with van der Waals surface area (Å²) in [5.41, 5.74) is 0.412. The lowest BCUT2D eigenvalue weighted by atomic mass is 9.94. The molecule has 7 heteroatoms. The molecule has 2 atom stereocenters. The van der Waals surface area contributed by atoms with Crippen molar-refractivity contribution in [1.29, 1.82) is 0 Å². The molecule has 0 aromatic heterocycles. The summed E-state index contributed by atoms with van der Waals surface area (Å²) >= 11 is 0. The molecular formula is C22H35N3O3S. The first-order valence-corrected chi connectivity index (χ1v) is 12.3. The SMILES string of the molecule is CCN1CCC(CNC(=O)c2cccc(S(=O)(=O)N3C[C@H](C)C[C@H](C)C3)c2)CC1. The Hall–Kier alpha value is -1.44. The van der Waals surface area contributed by atoms with Crippen LogP contribution in [0.1, 0.15) is 50.4 Å². The summed E-state index contributed by atoms with van der Waals surface area (Å²) in [5, 5.41) is 3.01. The van der Waals surface area contributed by atoms with Crippen LogP contribution in [0.3, 0.4) is 0 Å². The van der Waals surface area contributed by atoms with Gasteiger partial charge in [-0.25, -0.2) is 8.42 Å². The quantitative estimate of drug-likeness (QED) is 0.767. The molecule has 0 radical (unpaired) electrons. The summed E-state index contributed by atoms with van der Waals surface area (Å²) < 4.78 is 27.8. The highest BCUT2D eigenvalue weighted by atomic mass is 32.2. The van der Waals surface area contributed by atoms with Crippen LogP contribution in [-0.2, 0) is 10.0 Å². The smallest absolute Gasteiger partial charge is 0.251 e. The average Bonchev–Trinajstić information content (AvgIpc) is 2.71. The van der Waals surface area contributed by atoms with E-state index in [0.717, 1.165) is 38.9 Å². The second kappa shape index (κ2) is 9.58. The van der Waals surface area contributed by atoms with Crippen LogP contribution >= 0.6 is 0 Å². The molecule has 0 unspecified atom stereocenters. The van der Waals surface area contributed by atoms with Gasteiger partial charge in [0.05, 0.1) is 4.90 Å². The van der Waals surface area contributed by atoms with Gasteiger partial charge >= 0.3 is 0 Å². The third-order valence-electron chi connectivity index (χ3n) is 6.28. The summed E-state index contributed by atoms with van der Waals surface area (Å²) in [4.78, 5) is 15.3. The number of carbonyl (C=O) groups excluding carboxylic acids is 1. The number of hydrogen-bond donors (Lipinski definition) is 1. The van der Waals surface area contributed by atoms with Crippen LogP contribution in [0.5, 0.6) is 0 Å². The highest BCUT2D eigenvalue weighted by Crippen LogP contribution is 2.27. The van der Waals surface area contributed by atoms with Crippen LogP contribution in [0.2, 0.25) is 0 Å². The predicted octanol–water partition coefficient (Wildman–Crippen LogP) is 2.81. The van der Waals surface area contributed by atoms with Gasteiger partial charge in [0.1, 0.15) is 0 Å².